The molecule has 17 heavy (non-hydrogen) atoms. The van der Waals surface area contributed by atoms with E-state index in [2.05, 4.69) is 25.0 Å². The lowest BCUT2D eigenvalue weighted by Gasteiger charge is -2.05. The molecule has 0 atom stereocenters. The zero-order chi connectivity index (χ0) is 12.3. The van der Waals surface area contributed by atoms with Crippen LogP contribution in [0.25, 0.3) is 0 Å². The zero-order valence-corrected chi connectivity index (χ0v) is 9.17. The number of pyridine rings is 1. The molecule has 0 bridgehead atoms. The molecule has 3 N–H and O–H groups in total. The normalized spacial score (nSPS) is 10.2. The first-order valence-corrected chi connectivity index (χ1v) is 4.92. The van der Waals surface area contributed by atoms with E-state index in [4.69, 9.17) is 5.73 Å². The second-order valence-electron chi connectivity index (χ2n) is 3.44. The molecule has 0 aliphatic rings. The van der Waals surface area contributed by atoms with Crippen molar-refractivity contribution in [1.29, 1.82) is 0 Å². The monoisotopic (exact) mass is 233 g/mol. The Morgan fingerprint density at radius 3 is 3.00 bits per heavy atom. The minimum absolute atomic E-state index is 0.183. The van der Waals surface area contributed by atoms with Crippen LogP contribution in [-0.2, 0) is 6.54 Å². The van der Waals surface area contributed by atoms with Gasteiger partial charge in [0.1, 0.15) is 0 Å². The minimum Gasteiger partial charge on any atom is -0.398 e. The maximum atomic E-state index is 11.8. The van der Waals surface area contributed by atoms with Gasteiger partial charge in [-0.25, -0.2) is 0 Å². The summed E-state index contributed by atoms with van der Waals surface area (Å²) >= 11 is 0. The van der Waals surface area contributed by atoms with Crippen LogP contribution in [0.3, 0.4) is 0 Å². The molecule has 2 aromatic rings. The fraction of sp³-hybridized carbons (Fsp3) is 0.200. The molecule has 0 fully saturated rings. The smallest absolute Gasteiger partial charge is 0.255 e. The fourth-order valence-corrected chi connectivity index (χ4v) is 1.30. The third-order valence-corrected chi connectivity index (χ3v) is 2.13. The van der Waals surface area contributed by atoms with E-state index in [-0.39, 0.29) is 12.5 Å². The Morgan fingerprint density at radius 2 is 2.35 bits per heavy atom. The van der Waals surface area contributed by atoms with Crippen molar-refractivity contribution in [3.63, 3.8) is 0 Å². The number of aryl methyl sites for hydroxylation is 1. The van der Waals surface area contributed by atoms with Crippen molar-refractivity contribution in [2.24, 2.45) is 0 Å². The van der Waals surface area contributed by atoms with Gasteiger partial charge in [-0.1, -0.05) is 5.16 Å². The van der Waals surface area contributed by atoms with Gasteiger partial charge in [-0.3, -0.25) is 9.78 Å². The van der Waals surface area contributed by atoms with Crippen LogP contribution < -0.4 is 11.1 Å². The van der Waals surface area contributed by atoms with E-state index in [1.165, 1.54) is 12.6 Å². The molecule has 0 aliphatic heterocycles. The summed E-state index contributed by atoms with van der Waals surface area (Å²) < 4.78 is 4.54. The van der Waals surface area contributed by atoms with E-state index in [9.17, 15) is 4.79 Å². The van der Waals surface area contributed by atoms with Crippen molar-refractivity contribution in [3.05, 3.63) is 35.7 Å². The Bertz CT molecular complexity index is 523. The number of nitrogens with one attached hydrogen (secondary N) is 1. The number of nitrogens with zero attached hydrogens (tertiary/aromatic N) is 3. The van der Waals surface area contributed by atoms with Gasteiger partial charge in [0, 0.05) is 17.6 Å². The molecule has 88 valence electrons. The zero-order valence-electron chi connectivity index (χ0n) is 9.17. The van der Waals surface area contributed by atoms with Crippen LogP contribution in [0, 0.1) is 6.92 Å². The summed E-state index contributed by atoms with van der Waals surface area (Å²) in [6.07, 6.45) is 2.64. The summed E-state index contributed by atoms with van der Waals surface area (Å²) in [6, 6.07) is 1.64. The predicted octanol–water partition coefficient (Wildman–Crippen LogP) is 0.285. The number of hydrogen-bond donors (Lipinski definition) is 2. The Kier molecular flexibility index (Phi) is 2.99. The van der Waals surface area contributed by atoms with Gasteiger partial charge in [0.2, 0.25) is 6.39 Å². The third kappa shape index (κ3) is 2.57. The average Bonchev–Trinajstić information content (AvgIpc) is 2.78. The molecule has 0 saturated heterocycles. The summed E-state index contributed by atoms with van der Waals surface area (Å²) in [5.74, 6) is 0.0804. The van der Waals surface area contributed by atoms with E-state index in [0.29, 0.717) is 17.1 Å². The number of nitrogen functional groups attached to an aromatic ring is 1. The molecular formula is C10H11N5O2. The van der Waals surface area contributed by atoms with Gasteiger partial charge in [-0.05, 0) is 13.0 Å². The quantitative estimate of drug-likeness (QED) is 0.788. The largest absolute Gasteiger partial charge is 0.398 e. The molecule has 0 saturated carbocycles. The molecule has 0 aliphatic carbocycles. The summed E-state index contributed by atoms with van der Waals surface area (Å²) in [5.41, 5.74) is 7.21. The fourth-order valence-electron chi connectivity index (χ4n) is 1.30. The highest BCUT2D eigenvalue weighted by atomic mass is 16.5. The maximum Gasteiger partial charge on any atom is 0.255 e. The summed E-state index contributed by atoms with van der Waals surface area (Å²) in [5, 5.41) is 6.19. The van der Waals surface area contributed by atoms with Crippen molar-refractivity contribution >= 4 is 11.6 Å². The van der Waals surface area contributed by atoms with Gasteiger partial charge < -0.3 is 15.6 Å². The second kappa shape index (κ2) is 4.60. The van der Waals surface area contributed by atoms with Gasteiger partial charge in [-0.2, -0.15) is 4.98 Å². The molecule has 0 radical (unpaired) electrons. The van der Waals surface area contributed by atoms with Crippen molar-refractivity contribution in [2.75, 3.05) is 5.73 Å². The molecular weight excluding hydrogens is 222 g/mol. The van der Waals surface area contributed by atoms with Gasteiger partial charge in [0.25, 0.3) is 5.91 Å². The number of amides is 1. The van der Waals surface area contributed by atoms with Crippen LogP contribution in [0.4, 0.5) is 5.69 Å². The van der Waals surface area contributed by atoms with E-state index < -0.39 is 0 Å². The van der Waals surface area contributed by atoms with Crippen LogP contribution >= 0.6 is 0 Å². The van der Waals surface area contributed by atoms with Crippen molar-refractivity contribution in [3.8, 4) is 0 Å². The van der Waals surface area contributed by atoms with Crippen LogP contribution in [-0.4, -0.2) is 21.0 Å². The molecule has 1 amide bonds. The molecule has 0 aromatic carbocycles. The molecule has 2 heterocycles. The van der Waals surface area contributed by atoms with Crippen molar-refractivity contribution in [2.45, 2.75) is 13.5 Å². The summed E-state index contributed by atoms with van der Waals surface area (Å²) in [6.45, 7) is 1.99. The topological polar surface area (TPSA) is 107 Å². The highest BCUT2D eigenvalue weighted by molar-refractivity contribution is 5.98. The summed E-state index contributed by atoms with van der Waals surface area (Å²) in [4.78, 5) is 19.5. The molecule has 7 heteroatoms. The van der Waals surface area contributed by atoms with Crippen molar-refractivity contribution < 1.29 is 9.32 Å². The first-order chi connectivity index (χ1) is 8.16. The average molecular weight is 233 g/mol. The first-order valence-electron chi connectivity index (χ1n) is 4.92. The second-order valence-corrected chi connectivity index (χ2v) is 3.44. The lowest BCUT2D eigenvalue weighted by molar-refractivity contribution is 0.0950. The Hall–Kier alpha value is -2.44. The van der Waals surface area contributed by atoms with Crippen LogP contribution in [0.2, 0.25) is 0 Å². The number of anilines is 1. The molecule has 0 unspecified atom stereocenters. The number of aromatic nitrogens is 3. The Balaban J connectivity index is 2.04. The highest BCUT2D eigenvalue weighted by Gasteiger charge is 2.10. The Labute approximate surface area is 97.0 Å². The van der Waals surface area contributed by atoms with E-state index in [1.807, 2.05) is 0 Å². The number of carbonyl (C=O) groups excluding carboxylic acids is 1. The maximum absolute atomic E-state index is 11.8. The lowest BCUT2D eigenvalue weighted by atomic mass is 10.2. The first kappa shape index (κ1) is 11.1. The van der Waals surface area contributed by atoms with Gasteiger partial charge in [-0.15, -0.1) is 0 Å². The van der Waals surface area contributed by atoms with E-state index in [1.54, 1.807) is 13.0 Å². The molecule has 2 aromatic heterocycles. The number of nitrogens with two attached hydrogens (primary N) is 1. The minimum atomic E-state index is -0.320. The molecule has 7 nitrogen and oxygen atoms in total. The van der Waals surface area contributed by atoms with Crippen LogP contribution in [0.1, 0.15) is 21.9 Å². The molecule has 2 rings (SSSR count). The van der Waals surface area contributed by atoms with Crippen LogP contribution in [0.15, 0.2) is 23.2 Å². The van der Waals surface area contributed by atoms with Gasteiger partial charge in [0.05, 0.1) is 12.1 Å². The number of rotatable bonds is 3. The van der Waals surface area contributed by atoms with Crippen LogP contribution in [0.5, 0.6) is 0 Å². The third-order valence-electron chi connectivity index (χ3n) is 2.13. The highest BCUT2D eigenvalue weighted by Crippen LogP contribution is 2.11. The van der Waals surface area contributed by atoms with E-state index in [0.717, 1.165) is 5.69 Å². The Morgan fingerprint density at radius 1 is 1.53 bits per heavy atom. The molecule has 0 spiro atoms. The van der Waals surface area contributed by atoms with Gasteiger partial charge >= 0.3 is 0 Å². The standard InChI is InChI=1S/C10H11N5O2/c1-6-2-8(11)7(3-12-6)10(16)13-4-9-14-5-17-15-9/h2-3,5H,4H2,1H3,(H2,11,12)(H,13,16). The predicted molar refractivity (Wildman–Crippen MR) is 58.9 cm³/mol. The number of carbonyl (C=O) groups is 1. The lowest BCUT2D eigenvalue weighted by Crippen LogP contribution is -2.24. The SMILES string of the molecule is Cc1cc(N)c(C(=O)NCc2ncon2)cn1. The van der Waals surface area contributed by atoms with Gasteiger partial charge in [0.15, 0.2) is 5.82 Å². The summed E-state index contributed by atoms with van der Waals surface area (Å²) in [7, 11) is 0. The number of hydrogen-bond acceptors (Lipinski definition) is 6. The van der Waals surface area contributed by atoms with Crippen molar-refractivity contribution in [1.82, 2.24) is 20.4 Å². The van der Waals surface area contributed by atoms with E-state index >= 15 is 0 Å².